The van der Waals surface area contributed by atoms with Gasteiger partial charge in [-0.1, -0.05) is 12.1 Å². The Hall–Kier alpha value is -3.26. The molecule has 1 aliphatic heterocycles. The van der Waals surface area contributed by atoms with Crippen molar-refractivity contribution >= 4 is 17.5 Å². The molecule has 0 aromatic heterocycles. The number of ether oxygens (including phenoxy) is 3. The average Bonchev–Trinajstić information content (AvgIpc) is 3.14. The van der Waals surface area contributed by atoms with Crippen LogP contribution in [0.3, 0.4) is 0 Å². The molecule has 148 valence electrons. The number of aliphatic hydroxyl groups is 1. The van der Waals surface area contributed by atoms with Gasteiger partial charge >= 0.3 is 11.8 Å². The van der Waals surface area contributed by atoms with E-state index in [1.54, 1.807) is 44.4 Å². The molecule has 0 saturated carbocycles. The van der Waals surface area contributed by atoms with Gasteiger partial charge in [0, 0.05) is 24.7 Å². The Bertz CT molecular complexity index is 863. The van der Waals surface area contributed by atoms with E-state index in [0.717, 1.165) is 11.3 Å². The van der Waals surface area contributed by atoms with Crippen LogP contribution >= 0.6 is 0 Å². The molecule has 0 unspecified atom stereocenters. The minimum absolute atomic E-state index is 0.0770. The van der Waals surface area contributed by atoms with Gasteiger partial charge in [-0.2, -0.15) is 0 Å². The van der Waals surface area contributed by atoms with Crippen LogP contribution in [0.2, 0.25) is 0 Å². The first-order valence-corrected chi connectivity index (χ1v) is 8.70. The summed E-state index contributed by atoms with van der Waals surface area (Å²) in [5, 5.41) is 15.5. The van der Waals surface area contributed by atoms with Gasteiger partial charge in [0.2, 0.25) is 6.79 Å². The SMILES string of the molecule is COc1ccc(C[C@](C)(O)CNC(=O)C(=O)Nc2ccc3c(c2)OCO3)cc1. The Kier molecular flexibility index (Phi) is 5.70. The molecule has 3 N–H and O–H groups in total. The summed E-state index contributed by atoms with van der Waals surface area (Å²) in [6.07, 6.45) is 0.307. The third kappa shape index (κ3) is 4.92. The highest BCUT2D eigenvalue weighted by Crippen LogP contribution is 2.34. The van der Waals surface area contributed by atoms with Crippen LogP contribution in [0.15, 0.2) is 42.5 Å². The van der Waals surface area contributed by atoms with Gasteiger partial charge in [-0.05, 0) is 36.8 Å². The predicted molar refractivity (Wildman–Crippen MR) is 102 cm³/mol. The molecule has 8 nitrogen and oxygen atoms in total. The van der Waals surface area contributed by atoms with Crippen LogP contribution in [0.25, 0.3) is 0 Å². The Morgan fingerprint density at radius 1 is 1.11 bits per heavy atom. The van der Waals surface area contributed by atoms with Gasteiger partial charge < -0.3 is 30.0 Å². The van der Waals surface area contributed by atoms with E-state index in [9.17, 15) is 14.7 Å². The van der Waals surface area contributed by atoms with Crippen LogP contribution in [0, 0.1) is 0 Å². The summed E-state index contributed by atoms with van der Waals surface area (Å²) in [6, 6.07) is 12.1. The zero-order valence-corrected chi connectivity index (χ0v) is 15.7. The molecular weight excluding hydrogens is 364 g/mol. The monoisotopic (exact) mass is 386 g/mol. The van der Waals surface area contributed by atoms with E-state index in [1.165, 1.54) is 0 Å². The van der Waals surface area contributed by atoms with E-state index in [-0.39, 0.29) is 13.3 Å². The molecule has 0 saturated heterocycles. The summed E-state index contributed by atoms with van der Waals surface area (Å²) in [5.74, 6) is 0.126. The summed E-state index contributed by atoms with van der Waals surface area (Å²) in [4.78, 5) is 24.1. The van der Waals surface area contributed by atoms with Gasteiger partial charge in [0.05, 0.1) is 12.7 Å². The molecular formula is C20H22N2O6. The number of hydrogen-bond acceptors (Lipinski definition) is 6. The van der Waals surface area contributed by atoms with E-state index in [4.69, 9.17) is 14.2 Å². The third-order valence-corrected chi connectivity index (χ3v) is 4.21. The average molecular weight is 386 g/mol. The zero-order chi connectivity index (χ0) is 20.1. The van der Waals surface area contributed by atoms with Crippen molar-refractivity contribution in [1.29, 1.82) is 0 Å². The minimum atomic E-state index is -1.22. The Morgan fingerprint density at radius 3 is 2.54 bits per heavy atom. The number of benzene rings is 2. The summed E-state index contributed by atoms with van der Waals surface area (Å²) in [5.41, 5.74) is 0.0720. The van der Waals surface area contributed by atoms with E-state index in [2.05, 4.69) is 10.6 Å². The second-order valence-electron chi connectivity index (χ2n) is 6.73. The number of carbonyl (C=O) groups is 2. The maximum absolute atomic E-state index is 12.1. The van der Waals surface area contributed by atoms with E-state index in [0.29, 0.717) is 23.6 Å². The Morgan fingerprint density at radius 2 is 1.82 bits per heavy atom. The highest BCUT2D eigenvalue weighted by molar-refractivity contribution is 6.39. The van der Waals surface area contributed by atoms with Crippen molar-refractivity contribution < 1.29 is 28.9 Å². The lowest BCUT2D eigenvalue weighted by atomic mass is 9.96. The van der Waals surface area contributed by atoms with Crippen molar-refractivity contribution in [2.24, 2.45) is 0 Å². The molecule has 0 spiro atoms. The van der Waals surface area contributed by atoms with Crippen LogP contribution in [0.4, 0.5) is 5.69 Å². The van der Waals surface area contributed by atoms with Crippen LogP contribution in [0.1, 0.15) is 12.5 Å². The molecule has 8 heteroatoms. The zero-order valence-electron chi connectivity index (χ0n) is 15.7. The molecule has 0 bridgehead atoms. The largest absolute Gasteiger partial charge is 0.497 e. The molecule has 2 amide bonds. The summed E-state index contributed by atoms with van der Waals surface area (Å²) in [6.45, 7) is 1.64. The van der Waals surface area contributed by atoms with Gasteiger partial charge in [-0.3, -0.25) is 9.59 Å². The Balaban J connectivity index is 1.51. The third-order valence-electron chi connectivity index (χ3n) is 4.21. The van der Waals surface area contributed by atoms with Crippen molar-refractivity contribution in [3.63, 3.8) is 0 Å². The molecule has 1 atom stereocenters. The molecule has 2 aromatic carbocycles. The van der Waals surface area contributed by atoms with Crippen molar-refractivity contribution in [1.82, 2.24) is 5.32 Å². The fraction of sp³-hybridized carbons (Fsp3) is 0.300. The number of nitrogens with one attached hydrogen (secondary N) is 2. The highest BCUT2D eigenvalue weighted by Gasteiger charge is 2.24. The number of methoxy groups -OCH3 is 1. The first-order chi connectivity index (χ1) is 13.4. The van der Waals surface area contributed by atoms with Crippen LogP contribution in [0.5, 0.6) is 17.2 Å². The second-order valence-corrected chi connectivity index (χ2v) is 6.73. The molecule has 0 fully saturated rings. The van der Waals surface area contributed by atoms with Gasteiger partial charge in [0.1, 0.15) is 5.75 Å². The minimum Gasteiger partial charge on any atom is -0.497 e. The van der Waals surface area contributed by atoms with E-state index < -0.39 is 17.4 Å². The van der Waals surface area contributed by atoms with E-state index >= 15 is 0 Å². The number of carbonyl (C=O) groups excluding carboxylic acids is 2. The standard InChI is InChI=1S/C20H22N2O6/c1-20(25,10-13-3-6-15(26-2)7-4-13)11-21-18(23)19(24)22-14-5-8-16-17(9-14)28-12-27-16/h3-9,25H,10-12H2,1-2H3,(H,21,23)(H,22,24)/t20-/m0/s1. The fourth-order valence-electron chi connectivity index (χ4n) is 2.76. The van der Waals surface area contributed by atoms with Gasteiger partial charge in [-0.15, -0.1) is 0 Å². The van der Waals surface area contributed by atoms with Crippen molar-refractivity contribution in [3.05, 3.63) is 48.0 Å². The highest BCUT2D eigenvalue weighted by atomic mass is 16.7. The molecule has 28 heavy (non-hydrogen) atoms. The lowest BCUT2D eigenvalue weighted by molar-refractivity contribution is -0.136. The molecule has 3 rings (SSSR count). The van der Waals surface area contributed by atoms with E-state index in [1.807, 2.05) is 12.1 Å². The van der Waals surface area contributed by atoms with Crippen LogP contribution < -0.4 is 24.8 Å². The van der Waals surface area contributed by atoms with Gasteiger partial charge in [0.15, 0.2) is 11.5 Å². The fourth-order valence-corrected chi connectivity index (χ4v) is 2.76. The topological polar surface area (TPSA) is 106 Å². The summed E-state index contributed by atoms with van der Waals surface area (Å²) in [7, 11) is 1.58. The smallest absolute Gasteiger partial charge is 0.313 e. The Labute approximate surface area is 162 Å². The number of amides is 2. The second kappa shape index (κ2) is 8.18. The molecule has 1 aliphatic rings. The first kappa shape index (κ1) is 19.5. The number of hydrogen-bond donors (Lipinski definition) is 3. The molecule has 1 heterocycles. The number of rotatable bonds is 6. The lowest BCUT2D eigenvalue weighted by Crippen LogP contribution is -2.45. The molecule has 0 radical (unpaired) electrons. The maximum Gasteiger partial charge on any atom is 0.313 e. The van der Waals surface area contributed by atoms with Crippen LogP contribution in [-0.4, -0.2) is 43.0 Å². The molecule has 0 aliphatic carbocycles. The number of anilines is 1. The summed E-state index contributed by atoms with van der Waals surface area (Å²) < 4.78 is 15.5. The van der Waals surface area contributed by atoms with Crippen molar-refractivity contribution in [2.45, 2.75) is 18.9 Å². The maximum atomic E-state index is 12.1. The van der Waals surface area contributed by atoms with Gasteiger partial charge in [0.25, 0.3) is 0 Å². The summed E-state index contributed by atoms with van der Waals surface area (Å²) >= 11 is 0. The normalized spacial score (nSPS) is 14.1. The molecule has 2 aromatic rings. The van der Waals surface area contributed by atoms with Crippen LogP contribution in [-0.2, 0) is 16.0 Å². The van der Waals surface area contributed by atoms with Crippen molar-refractivity contribution in [2.75, 3.05) is 25.8 Å². The first-order valence-electron chi connectivity index (χ1n) is 8.70. The van der Waals surface area contributed by atoms with Crippen molar-refractivity contribution in [3.8, 4) is 17.2 Å². The number of fused-ring (bicyclic) bond motifs is 1. The van der Waals surface area contributed by atoms with Gasteiger partial charge in [-0.25, -0.2) is 0 Å². The quantitative estimate of drug-likeness (QED) is 0.650. The lowest BCUT2D eigenvalue weighted by Gasteiger charge is -2.23. The predicted octanol–water partition coefficient (Wildman–Crippen LogP) is 1.47.